The van der Waals surface area contributed by atoms with E-state index in [0.29, 0.717) is 0 Å². The molecule has 1 N–H and O–H groups in total. The highest BCUT2D eigenvalue weighted by Crippen LogP contribution is 2.17. The molecule has 0 amide bonds. The Kier molecular flexibility index (Phi) is 6.45. The molecule has 0 aliphatic carbocycles. The van der Waals surface area contributed by atoms with Crippen molar-refractivity contribution in [1.82, 2.24) is 9.80 Å². The number of nitrogens with zero attached hydrogens (tertiary/aromatic N) is 2. The molecule has 20 heavy (non-hydrogen) atoms. The summed E-state index contributed by atoms with van der Waals surface area (Å²) in [4.78, 5) is 7.53. The summed E-state index contributed by atoms with van der Waals surface area (Å²) < 4.78 is 5.38. The van der Waals surface area contributed by atoms with Crippen LogP contribution in [-0.2, 0) is 11.3 Å². The van der Waals surface area contributed by atoms with E-state index in [1.165, 1.54) is 9.75 Å². The first-order chi connectivity index (χ1) is 9.63. The van der Waals surface area contributed by atoms with Gasteiger partial charge in [-0.15, -0.1) is 11.3 Å². The minimum absolute atomic E-state index is 0.277. The van der Waals surface area contributed by atoms with Gasteiger partial charge in [0.2, 0.25) is 0 Å². The number of morpholine rings is 1. The molecule has 2 rings (SSSR count). The van der Waals surface area contributed by atoms with Crippen LogP contribution in [0.3, 0.4) is 0 Å². The van der Waals surface area contributed by atoms with Crippen LogP contribution >= 0.6 is 11.3 Å². The molecule has 0 saturated carbocycles. The standard InChI is InChI=1S/C15H26N2O2S/c1-13(18)11-17(12-15-4-3-14(2)20-15)6-5-16-7-9-19-10-8-16/h3-4,13,18H,5-12H2,1-2H3. The second-order valence-electron chi connectivity index (χ2n) is 5.55. The number of aliphatic hydroxyl groups excluding tert-OH is 1. The van der Waals surface area contributed by atoms with E-state index in [1.807, 2.05) is 18.3 Å². The number of thiophene rings is 1. The molecule has 5 heteroatoms. The zero-order chi connectivity index (χ0) is 14.4. The van der Waals surface area contributed by atoms with Gasteiger partial charge in [0, 0.05) is 49.0 Å². The summed E-state index contributed by atoms with van der Waals surface area (Å²) in [7, 11) is 0. The van der Waals surface area contributed by atoms with Crippen LogP contribution in [0.1, 0.15) is 16.7 Å². The van der Waals surface area contributed by atoms with Crippen molar-refractivity contribution in [3.8, 4) is 0 Å². The molecule has 0 radical (unpaired) electrons. The Bertz CT molecular complexity index is 389. The van der Waals surface area contributed by atoms with E-state index < -0.39 is 0 Å². The molecule has 4 nitrogen and oxygen atoms in total. The van der Waals surface area contributed by atoms with Crippen molar-refractivity contribution in [2.75, 3.05) is 45.9 Å². The number of ether oxygens (including phenoxy) is 1. The van der Waals surface area contributed by atoms with Crippen LogP contribution < -0.4 is 0 Å². The minimum Gasteiger partial charge on any atom is -0.392 e. The first kappa shape index (κ1) is 15.9. The quantitative estimate of drug-likeness (QED) is 0.829. The van der Waals surface area contributed by atoms with Gasteiger partial charge in [-0.3, -0.25) is 9.80 Å². The van der Waals surface area contributed by atoms with Crippen molar-refractivity contribution < 1.29 is 9.84 Å². The smallest absolute Gasteiger partial charge is 0.0639 e. The zero-order valence-electron chi connectivity index (χ0n) is 12.5. The Morgan fingerprint density at radius 1 is 1.40 bits per heavy atom. The molecule has 1 fully saturated rings. The van der Waals surface area contributed by atoms with Crippen molar-refractivity contribution in [2.45, 2.75) is 26.5 Å². The maximum Gasteiger partial charge on any atom is 0.0639 e. The summed E-state index contributed by atoms with van der Waals surface area (Å²) in [6, 6.07) is 4.37. The van der Waals surface area contributed by atoms with Crippen LogP contribution in [0, 0.1) is 6.92 Å². The monoisotopic (exact) mass is 298 g/mol. The van der Waals surface area contributed by atoms with Crippen LogP contribution in [-0.4, -0.2) is 66.9 Å². The summed E-state index contributed by atoms with van der Waals surface area (Å²) in [5.74, 6) is 0. The normalized spacial score (nSPS) is 18.6. The third kappa shape index (κ3) is 5.50. The molecule has 2 heterocycles. The lowest BCUT2D eigenvalue weighted by Gasteiger charge is -2.30. The number of rotatable bonds is 7. The van der Waals surface area contributed by atoms with Crippen molar-refractivity contribution in [3.05, 3.63) is 21.9 Å². The summed E-state index contributed by atoms with van der Waals surface area (Å²) in [6.07, 6.45) is -0.277. The predicted octanol–water partition coefficient (Wildman–Crippen LogP) is 1.57. The molecule has 1 saturated heterocycles. The second-order valence-corrected chi connectivity index (χ2v) is 6.92. The Morgan fingerprint density at radius 2 is 2.15 bits per heavy atom. The van der Waals surface area contributed by atoms with Gasteiger partial charge in [0.05, 0.1) is 19.3 Å². The molecule has 114 valence electrons. The number of hydrogen-bond acceptors (Lipinski definition) is 5. The molecule has 1 aliphatic rings. The van der Waals surface area contributed by atoms with Gasteiger partial charge in [-0.25, -0.2) is 0 Å². The molecule has 0 spiro atoms. The summed E-state index contributed by atoms with van der Waals surface area (Å²) in [6.45, 7) is 11.5. The summed E-state index contributed by atoms with van der Waals surface area (Å²) in [5, 5.41) is 9.67. The topological polar surface area (TPSA) is 35.9 Å². The van der Waals surface area contributed by atoms with E-state index in [-0.39, 0.29) is 6.10 Å². The Hall–Kier alpha value is -0.460. The van der Waals surface area contributed by atoms with E-state index >= 15 is 0 Å². The highest BCUT2D eigenvalue weighted by atomic mass is 32.1. The van der Waals surface area contributed by atoms with E-state index in [1.54, 1.807) is 0 Å². The van der Waals surface area contributed by atoms with E-state index in [9.17, 15) is 5.11 Å². The largest absolute Gasteiger partial charge is 0.392 e. The van der Waals surface area contributed by atoms with Crippen molar-refractivity contribution in [3.63, 3.8) is 0 Å². The molecule has 0 aromatic carbocycles. The predicted molar refractivity (Wildman–Crippen MR) is 83.3 cm³/mol. The average Bonchev–Trinajstić information content (AvgIpc) is 2.82. The lowest BCUT2D eigenvalue weighted by Crippen LogP contribution is -2.42. The van der Waals surface area contributed by atoms with Gasteiger partial charge in [-0.1, -0.05) is 0 Å². The van der Waals surface area contributed by atoms with Crippen LogP contribution in [0.15, 0.2) is 12.1 Å². The van der Waals surface area contributed by atoms with Crippen LogP contribution in [0.4, 0.5) is 0 Å². The van der Waals surface area contributed by atoms with Crippen LogP contribution in [0.25, 0.3) is 0 Å². The van der Waals surface area contributed by atoms with Gasteiger partial charge in [0.25, 0.3) is 0 Å². The third-order valence-corrected chi connectivity index (χ3v) is 4.52. The fourth-order valence-corrected chi connectivity index (χ4v) is 3.44. The number of hydrogen-bond donors (Lipinski definition) is 1. The van der Waals surface area contributed by atoms with Crippen molar-refractivity contribution in [1.29, 1.82) is 0 Å². The van der Waals surface area contributed by atoms with Gasteiger partial charge in [0.15, 0.2) is 0 Å². The fraction of sp³-hybridized carbons (Fsp3) is 0.733. The van der Waals surface area contributed by atoms with E-state index in [2.05, 4.69) is 28.9 Å². The first-order valence-electron chi connectivity index (χ1n) is 7.39. The van der Waals surface area contributed by atoms with E-state index in [0.717, 1.165) is 52.5 Å². The highest BCUT2D eigenvalue weighted by Gasteiger charge is 2.14. The van der Waals surface area contributed by atoms with E-state index in [4.69, 9.17) is 4.74 Å². The average molecular weight is 298 g/mol. The first-order valence-corrected chi connectivity index (χ1v) is 8.21. The molecular weight excluding hydrogens is 272 g/mol. The van der Waals surface area contributed by atoms with Gasteiger partial charge in [-0.05, 0) is 26.0 Å². The maximum absolute atomic E-state index is 9.67. The van der Waals surface area contributed by atoms with Crippen LogP contribution in [0.2, 0.25) is 0 Å². The molecule has 0 bridgehead atoms. The molecule has 1 aromatic rings. The zero-order valence-corrected chi connectivity index (χ0v) is 13.4. The lowest BCUT2D eigenvalue weighted by atomic mass is 10.3. The summed E-state index contributed by atoms with van der Waals surface area (Å²) >= 11 is 1.85. The number of aliphatic hydroxyl groups is 1. The molecule has 1 aliphatic heterocycles. The maximum atomic E-state index is 9.67. The second kappa shape index (κ2) is 8.10. The third-order valence-electron chi connectivity index (χ3n) is 3.53. The van der Waals surface area contributed by atoms with Gasteiger partial charge >= 0.3 is 0 Å². The highest BCUT2D eigenvalue weighted by molar-refractivity contribution is 7.11. The van der Waals surface area contributed by atoms with Crippen molar-refractivity contribution >= 4 is 11.3 Å². The summed E-state index contributed by atoms with van der Waals surface area (Å²) in [5.41, 5.74) is 0. The fourth-order valence-electron chi connectivity index (χ4n) is 2.51. The molecular formula is C15H26N2O2S. The van der Waals surface area contributed by atoms with Crippen LogP contribution in [0.5, 0.6) is 0 Å². The lowest BCUT2D eigenvalue weighted by molar-refractivity contribution is 0.0300. The Labute approximate surface area is 126 Å². The van der Waals surface area contributed by atoms with Gasteiger partial charge in [0.1, 0.15) is 0 Å². The molecule has 1 aromatic heterocycles. The van der Waals surface area contributed by atoms with Gasteiger partial charge in [-0.2, -0.15) is 0 Å². The minimum atomic E-state index is -0.277. The number of aryl methyl sites for hydroxylation is 1. The Balaban J connectivity index is 1.82. The van der Waals surface area contributed by atoms with Crippen molar-refractivity contribution in [2.24, 2.45) is 0 Å². The molecule has 1 unspecified atom stereocenters. The Morgan fingerprint density at radius 3 is 2.75 bits per heavy atom. The molecule has 1 atom stereocenters. The van der Waals surface area contributed by atoms with Gasteiger partial charge < -0.3 is 9.84 Å². The SMILES string of the molecule is Cc1ccc(CN(CCN2CCOCC2)CC(C)O)s1.